The van der Waals surface area contributed by atoms with Gasteiger partial charge in [-0.25, -0.2) is 9.48 Å². The molecule has 0 radical (unpaired) electrons. The highest BCUT2D eigenvalue weighted by atomic mass is 16.5. The van der Waals surface area contributed by atoms with Gasteiger partial charge in [0.1, 0.15) is 18.1 Å². The Labute approximate surface area is 217 Å². The minimum atomic E-state index is -0.870. The summed E-state index contributed by atoms with van der Waals surface area (Å²) in [5, 5.41) is 31.1. The maximum atomic E-state index is 12.3. The monoisotopic (exact) mass is 520 g/mol. The Balaban J connectivity index is 1.25. The molecular formula is C24H28N10O4. The van der Waals surface area contributed by atoms with Crippen molar-refractivity contribution in [1.82, 2.24) is 29.5 Å². The number of pyridine rings is 1. The molecule has 0 aromatic carbocycles. The molecule has 3 atom stereocenters. The first-order valence-electron chi connectivity index (χ1n) is 12.1. The molecule has 3 aromatic rings. The van der Waals surface area contributed by atoms with E-state index in [1.807, 2.05) is 18.3 Å². The van der Waals surface area contributed by atoms with Gasteiger partial charge >= 0.3 is 5.69 Å². The lowest BCUT2D eigenvalue weighted by molar-refractivity contribution is -0.0458. The van der Waals surface area contributed by atoms with Crippen molar-refractivity contribution in [2.75, 3.05) is 12.3 Å². The molecule has 198 valence electrons. The Morgan fingerprint density at radius 1 is 1.29 bits per heavy atom. The van der Waals surface area contributed by atoms with Crippen LogP contribution < -0.4 is 11.4 Å². The molecule has 0 unspecified atom stereocenters. The van der Waals surface area contributed by atoms with E-state index in [0.29, 0.717) is 18.5 Å². The van der Waals surface area contributed by atoms with Crippen molar-refractivity contribution in [2.45, 2.75) is 63.6 Å². The van der Waals surface area contributed by atoms with Crippen molar-refractivity contribution in [1.29, 1.82) is 0 Å². The SMILES string of the molecule is [N-]=[N+]=NCc1ccc(Cn2cc(CCCCC#Cc3cn([C@H]4C[C@H](O)[C@@H](CO)O4)c(=O)nc3N)nn2)nc1. The van der Waals surface area contributed by atoms with Crippen LogP contribution in [0.2, 0.25) is 0 Å². The molecule has 1 aliphatic heterocycles. The highest BCUT2D eigenvalue weighted by Crippen LogP contribution is 2.27. The molecule has 4 rings (SSSR count). The van der Waals surface area contributed by atoms with Gasteiger partial charge in [-0.3, -0.25) is 9.55 Å². The lowest BCUT2D eigenvalue weighted by atomic mass is 10.1. The fourth-order valence-electron chi connectivity index (χ4n) is 3.96. The molecule has 14 heteroatoms. The predicted molar refractivity (Wildman–Crippen MR) is 135 cm³/mol. The number of aromatic nitrogens is 6. The molecular weight excluding hydrogens is 492 g/mol. The third-order valence-corrected chi connectivity index (χ3v) is 6.00. The van der Waals surface area contributed by atoms with E-state index in [-0.39, 0.29) is 25.4 Å². The van der Waals surface area contributed by atoms with Crippen LogP contribution in [-0.2, 0) is 24.2 Å². The van der Waals surface area contributed by atoms with E-state index in [1.54, 1.807) is 10.9 Å². The normalized spacial score (nSPS) is 18.5. The van der Waals surface area contributed by atoms with Crippen LogP contribution in [0, 0.1) is 11.8 Å². The third kappa shape index (κ3) is 6.93. The summed E-state index contributed by atoms with van der Waals surface area (Å²) in [6, 6.07) is 3.74. The van der Waals surface area contributed by atoms with Crippen LogP contribution in [0.3, 0.4) is 0 Å². The summed E-state index contributed by atoms with van der Waals surface area (Å²) in [4.78, 5) is 23.2. The molecule has 0 aliphatic carbocycles. The van der Waals surface area contributed by atoms with Gasteiger partial charge < -0.3 is 20.7 Å². The average molecular weight is 521 g/mol. The van der Waals surface area contributed by atoms with Gasteiger partial charge in [0.25, 0.3) is 0 Å². The fraction of sp³-hybridized carbons (Fsp3) is 0.458. The van der Waals surface area contributed by atoms with Crippen molar-refractivity contribution in [3.63, 3.8) is 0 Å². The number of anilines is 1. The Morgan fingerprint density at radius 2 is 2.16 bits per heavy atom. The lowest BCUT2D eigenvalue weighted by Gasteiger charge is -2.14. The van der Waals surface area contributed by atoms with Crippen LogP contribution in [0.15, 0.2) is 40.6 Å². The molecule has 0 amide bonds. The van der Waals surface area contributed by atoms with Crippen molar-refractivity contribution < 1.29 is 14.9 Å². The number of nitrogens with zero attached hydrogens (tertiary/aromatic N) is 9. The van der Waals surface area contributed by atoms with Crippen molar-refractivity contribution in [3.8, 4) is 11.8 Å². The van der Waals surface area contributed by atoms with Crippen LogP contribution in [0.5, 0.6) is 0 Å². The molecule has 4 heterocycles. The van der Waals surface area contributed by atoms with Gasteiger partial charge in [-0.2, -0.15) is 4.98 Å². The number of ether oxygens (including phenoxy) is 1. The van der Waals surface area contributed by atoms with Gasteiger partial charge in [0.05, 0.1) is 42.8 Å². The quantitative estimate of drug-likeness (QED) is 0.115. The maximum Gasteiger partial charge on any atom is 0.351 e. The van der Waals surface area contributed by atoms with E-state index >= 15 is 0 Å². The van der Waals surface area contributed by atoms with Crippen LogP contribution in [0.25, 0.3) is 10.4 Å². The molecule has 3 aromatic heterocycles. The van der Waals surface area contributed by atoms with Crippen molar-refractivity contribution in [3.05, 3.63) is 74.2 Å². The van der Waals surface area contributed by atoms with Crippen LogP contribution in [0.4, 0.5) is 5.82 Å². The van der Waals surface area contributed by atoms with E-state index in [2.05, 4.69) is 42.1 Å². The summed E-state index contributed by atoms with van der Waals surface area (Å²) in [5.74, 6) is 6.05. The zero-order chi connectivity index (χ0) is 26.9. The summed E-state index contributed by atoms with van der Waals surface area (Å²) in [7, 11) is 0. The van der Waals surface area contributed by atoms with Gasteiger partial charge in [0, 0.05) is 36.3 Å². The van der Waals surface area contributed by atoms with E-state index in [4.69, 9.17) is 16.0 Å². The highest BCUT2D eigenvalue weighted by molar-refractivity contribution is 5.48. The average Bonchev–Trinajstić information content (AvgIpc) is 3.52. The summed E-state index contributed by atoms with van der Waals surface area (Å²) in [6.07, 6.45) is 5.92. The minimum absolute atomic E-state index is 0.0346. The third-order valence-electron chi connectivity index (χ3n) is 6.00. The molecule has 38 heavy (non-hydrogen) atoms. The number of azide groups is 1. The topological polar surface area (TPSA) is 203 Å². The van der Waals surface area contributed by atoms with Gasteiger partial charge in [-0.05, 0) is 36.4 Å². The number of aliphatic hydroxyl groups is 2. The largest absolute Gasteiger partial charge is 0.394 e. The number of unbranched alkanes of at least 4 members (excludes halogenated alkanes) is 2. The maximum absolute atomic E-state index is 12.3. The second-order valence-electron chi connectivity index (χ2n) is 8.81. The number of aliphatic hydroxyl groups excluding tert-OH is 2. The number of hydrogen-bond donors (Lipinski definition) is 3. The number of aryl methyl sites for hydroxylation is 1. The van der Waals surface area contributed by atoms with Crippen molar-refractivity contribution >= 4 is 5.82 Å². The Morgan fingerprint density at radius 3 is 2.89 bits per heavy atom. The van der Waals surface area contributed by atoms with Gasteiger partial charge in [-0.1, -0.05) is 28.2 Å². The summed E-state index contributed by atoms with van der Waals surface area (Å²) in [5.41, 5.74) is 16.6. The Hall–Kier alpha value is -4.28. The van der Waals surface area contributed by atoms with Gasteiger partial charge in [0.2, 0.25) is 0 Å². The molecule has 0 saturated carbocycles. The lowest BCUT2D eigenvalue weighted by Crippen LogP contribution is -2.28. The summed E-state index contributed by atoms with van der Waals surface area (Å²) >= 11 is 0. The zero-order valence-corrected chi connectivity index (χ0v) is 20.6. The standard InChI is InChI=1S/C24H28N10O4/c25-23-17(12-34(24(37)29-23)22-9-20(36)21(15-35)38-22)5-3-1-2-4-6-19-14-33(32-30-19)13-18-8-7-16(10-27-18)11-28-31-26/h7-8,10,12,14,20-22,35-36H,1-2,4,6,9,11,13,15H2,(H2,25,29,37)/t20-,21+,22+/m0/s1. The molecule has 0 bridgehead atoms. The molecule has 4 N–H and O–H groups in total. The van der Waals surface area contributed by atoms with Gasteiger partial charge in [0.15, 0.2) is 0 Å². The van der Waals surface area contributed by atoms with E-state index in [1.165, 1.54) is 10.8 Å². The minimum Gasteiger partial charge on any atom is -0.394 e. The first-order valence-corrected chi connectivity index (χ1v) is 12.1. The number of nitrogens with two attached hydrogens (primary N) is 1. The summed E-state index contributed by atoms with van der Waals surface area (Å²) in [6.45, 7) is 0.415. The summed E-state index contributed by atoms with van der Waals surface area (Å²) < 4.78 is 8.51. The Kier molecular flexibility index (Phi) is 9.02. The van der Waals surface area contributed by atoms with Crippen LogP contribution in [-0.4, -0.2) is 58.6 Å². The second-order valence-corrected chi connectivity index (χ2v) is 8.81. The van der Waals surface area contributed by atoms with Crippen LogP contribution >= 0.6 is 0 Å². The first kappa shape index (κ1) is 26.8. The zero-order valence-electron chi connectivity index (χ0n) is 20.6. The highest BCUT2D eigenvalue weighted by Gasteiger charge is 2.35. The van der Waals surface area contributed by atoms with E-state index in [9.17, 15) is 15.0 Å². The van der Waals surface area contributed by atoms with E-state index < -0.39 is 24.1 Å². The molecule has 1 saturated heterocycles. The van der Waals surface area contributed by atoms with E-state index in [0.717, 1.165) is 36.2 Å². The first-order chi connectivity index (χ1) is 18.5. The van der Waals surface area contributed by atoms with Crippen molar-refractivity contribution in [2.24, 2.45) is 5.11 Å². The predicted octanol–water partition coefficient (Wildman–Crippen LogP) is 1.08. The van der Waals surface area contributed by atoms with Gasteiger partial charge in [-0.15, -0.1) is 5.10 Å². The fourth-order valence-corrected chi connectivity index (χ4v) is 3.96. The molecule has 0 spiro atoms. The number of rotatable bonds is 10. The Bertz CT molecular complexity index is 1400. The molecule has 1 fully saturated rings. The molecule has 14 nitrogen and oxygen atoms in total. The smallest absolute Gasteiger partial charge is 0.351 e. The number of hydrogen-bond acceptors (Lipinski definition) is 10. The molecule has 1 aliphatic rings. The number of nitrogen functional groups attached to an aromatic ring is 1. The second kappa shape index (κ2) is 12.8. The van der Waals surface area contributed by atoms with Crippen LogP contribution in [0.1, 0.15) is 54.4 Å².